The molecule has 0 bridgehead atoms. The van der Waals surface area contributed by atoms with E-state index < -0.39 is 157 Å². The Morgan fingerprint density at radius 3 is 0.738 bits per heavy atom. The molecule has 17 N–H and O–H groups in total. The van der Waals surface area contributed by atoms with Gasteiger partial charge in [0.15, 0.2) is 31.8 Å². The van der Waals surface area contributed by atoms with Gasteiger partial charge in [0.05, 0.1) is 29.6 Å². The third kappa shape index (κ3) is 54.5. The number of rotatable bonds is 47. The van der Waals surface area contributed by atoms with Crippen LogP contribution in [0.2, 0.25) is 0 Å². The number of halogens is 5. The number of hydrogen-bond acceptors (Lipinski definition) is 30. The number of aliphatic carboxylic acids is 1. The van der Waals surface area contributed by atoms with Crippen LogP contribution in [0, 0.1) is 0 Å². The summed E-state index contributed by atoms with van der Waals surface area (Å²) in [4.78, 5) is 128. The first-order valence-electron chi connectivity index (χ1n) is 44.7. The predicted octanol–water partition coefficient (Wildman–Crippen LogP) is 9.79. The summed E-state index contributed by atoms with van der Waals surface area (Å²) in [7, 11) is 0. The van der Waals surface area contributed by atoms with Gasteiger partial charge in [0.1, 0.15) is 160 Å². The maximum Gasteiger partial charge on any atom is 0.408 e. The number of carboxylic acids is 1. The number of carbonyl (C=O) groups excluding carboxylic acids is 10. The van der Waals surface area contributed by atoms with Crippen molar-refractivity contribution in [2.75, 3.05) is 128 Å². The molecule has 0 aliphatic carbocycles. The maximum atomic E-state index is 12.6. The number of esters is 6. The maximum absolute atomic E-state index is 12.6. The van der Waals surface area contributed by atoms with Crippen molar-refractivity contribution in [2.45, 2.75) is 200 Å². The smallest absolute Gasteiger partial charge is 0.408 e. The van der Waals surface area contributed by atoms with Crippen molar-refractivity contribution in [1.82, 2.24) is 21.3 Å². The van der Waals surface area contributed by atoms with Crippen molar-refractivity contribution < 1.29 is 166 Å². The minimum absolute atomic E-state index is 0.0113. The van der Waals surface area contributed by atoms with E-state index in [1.54, 1.807) is 107 Å². The highest BCUT2D eigenvalue weighted by atomic mass is 35.5. The van der Waals surface area contributed by atoms with E-state index in [-0.39, 0.29) is 113 Å². The van der Waals surface area contributed by atoms with Crippen LogP contribution in [0.1, 0.15) is 158 Å². The van der Waals surface area contributed by atoms with Gasteiger partial charge in [-0.05, 0) is 189 Å². The van der Waals surface area contributed by atoms with Gasteiger partial charge in [0, 0.05) is 16.2 Å². The van der Waals surface area contributed by atoms with E-state index in [1.165, 1.54) is 0 Å². The predicted molar refractivity (Wildman–Crippen MR) is 525 cm³/mol. The molecule has 0 heterocycles. The fourth-order valence-corrected chi connectivity index (χ4v) is 11.7. The number of nitrogens with one attached hydrogen (secondary N) is 4. The Kier molecular flexibility index (Phi) is 56.7. The van der Waals surface area contributed by atoms with Crippen LogP contribution >= 0.6 is 58.0 Å². The summed E-state index contributed by atoms with van der Waals surface area (Å²) in [5.41, 5.74) is 12.9. The lowest BCUT2D eigenvalue weighted by Gasteiger charge is -2.27. The molecule has 38 nitrogen and oxygen atoms in total. The van der Waals surface area contributed by atoms with Crippen LogP contribution in [-0.2, 0) is 97.2 Å². The fourth-order valence-electron chi connectivity index (χ4n) is 11.3. The summed E-state index contributed by atoms with van der Waals surface area (Å²) >= 11 is 26.9. The second kappa shape index (κ2) is 63.6. The molecule has 786 valence electrons. The molecule has 43 heteroatoms. The zero-order valence-electron chi connectivity index (χ0n) is 83.3. The topological polar surface area (TPSA) is 547 Å². The van der Waals surface area contributed by atoms with Gasteiger partial charge in [-0.15, -0.1) is 58.0 Å². The lowest BCUT2D eigenvalue weighted by molar-refractivity contribution is -0.362. The molecule has 0 aliphatic heterocycles. The highest BCUT2D eigenvalue weighted by Crippen LogP contribution is 2.37. The van der Waals surface area contributed by atoms with Gasteiger partial charge in [-0.25, -0.2) is 33.6 Å². The minimum Gasteiger partial charge on any atom is -0.491 e. The SMILES string of the molecule is CC(C)(C)OC(=O)NCC(=O)O.CC(C)(C)OC(=O)NCC(=O)OCC(COc1ccc(C(C)(C)c2ccc(OCC(CCl)OC(=O)CNC(=O)OC(C)(C)C)cc2)cc1)OC(=O)CNC(=O)OC(C)(C)C.CC(C)(c1ccc(OCC(CCl)OC(=O)C[NH3+])cc1)c1ccc(OCC(COC(=O)C[NH3+])OC(=O)C[NH3+])cc1.CC(C)(c1ccc(OCC(O)CO)cc1)c1ccc(OCC(O)CCl)cc1.ClCCl. The van der Waals surface area contributed by atoms with Gasteiger partial charge in [-0.2, -0.15) is 0 Å². The zero-order chi connectivity index (χ0) is 106. The lowest BCUT2D eigenvalue weighted by Crippen LogP contribution is -2.56. The number of alkyl carbamates (subject to hydrolysis) is 4. The number of benzene rings is 6. The van der Waals surface area contributed by atoms with E-state index in [4.69, 9.17) is 144 Å². The molecule has 0 aliphatic rings. The van der Waals surface area contributed by atoms with E-state index in [2.05, 4.69) is 66.2 Å². The number of ether oxygens (including phenoxy) is 16. The van der Waals surface area contributed by atoms with Crippen LogP contribution in [0.15, 0.2) is 146 Å². The van der Waals surface area contributed by atoms with Crippen LogP contribution in [0.5, 0.6) is 34.5 Å². The lowest BCUT2D eigenvalue weighted by atomic mass is 9.78. The van der Waals surface area contributed by atoms with E-state index in [9.17, 15) is 63.0 Å². The summed E-state index contributed by atoms with van der Waals surface area (Å²) in [6.07, 6.45) is -7.81. The molecule has 6 unspecified atom stereocenters. The van der Waals surface area contributed by atoms with Gasteiger partial charge >= 0.3 is 66.2 Å². The van der Waals surface area contributed by atoms with Crippen LogP contribution in [0.4, 0.5) is 19.2 Å². The Morgan fingerprint density at radius 1 is 0.291 bits per heavy atom. The summed E-state index contributed by atoms with van der Waals surface area (Å²) in [5.74, 6) is -1.13. The van der Waals surface area contributed by atoms with Crippen molar-refractivity contribution >= 4 is 124 Å². The third-order valence-corrected chi connectivity index (χ3v) is 19.6. The second-order valence-corrected chi connectivity index (χ2v) is 38.1. The number of quaternary nitrogens is 3. The standard InChI is InChI=1S/C42H60ClN3O14.C27H36ClN3O8.C21H27ClO5.C7H13NO4.CH2Cl2/c1-39(2,3)58-36(50)44-21-33(47)55-26-32(57-35(49)23-46-38(52)60-41(7,8)9)25-54-30-18-14-28(15-19-30)42(10,11)27-12-16-29(17-13-27)53-24-31(20-43)56-34(48)22-45-37(51)59-40(4,5)6;1-27(2,18-3-7-20(8-4-18)35-15-22(11-28)38-25(33)13-30)19-5-9-21(10-6-19)36-16-23(39-26(34)14-31)17-37-24(32)12-29;1-21(2,15-3-7-19(8-4-15)26-13-17(24)11-22)16-5-9-20(10-6-16)27-14-18(25)12-23;1-7(2,3)12-6(11)8-4-5(9)10;2-1-3/h12-19,31-32H,20-26H2,1-11H3,(H,44,50)(H,45,51)(H,46,52);3-10,22-23H,11-17,29-31H2,1-2H3;3-10,17-18,23-25H,11-14H2,1-2H3;4H2,1-3H3,(H,8,11)(H,9,10);1H2/p+3. The van der Waals surface area contributed by atoms with Gasteiger partial charge in [-0.3, -0.25) is 19.2 Å². The Hall–Kier alpha value is -11.3. The van der Waals surface area contributed by atoms with Crippen LogP contribution in [-0.4, -0.2) is 274 Å². The number of aliphatic hydroxyl groups excluding tert-OH is 3. The molecule has 0 spiro atoms. The zero-order valence-corrected chi connectivity index (χ0v) is 87.1. The molecule has 0 radical (unpaired) electrons. The number of carboxylic acid groups (broad SMARTS) is 1. The highest BCUT2D eigenvalue weighted by Gasteiger charge is 2.31. The number of alkyl halides is 5. The van der Waals surface area contributed by atoms with Crippen molar-refractivity contribution in [3.63, 3.8) is 0 Å². The Labute approximate surface area is 848 Å². The van der Waals surface area contributed by atoms with Crippen molar-refractivity contribution in [3.05, 3.63) is 179 Å². The average molecular weight is 2090 g/mol. The first kappa shape index (κ1) is 126. The number of carbonyl (C=O) groups is 11. The Morgan fingerprint density at radius 2 is 0.504 bits per heavy atom. The van der Waals surface area contributed by atoms with Crippen LogP contribution in [0.25, 0.3) is 0 Å². The summed E-state index contributed by atoms with van der Waals surface area (Å²) in [6.45, 7) is 30.3. The normalized spacial score (nSPS) is 12.6. The monoisotopic (exact) mass is 2090 g/mol. The molecule has 6 atom stereocenters. The minimum atomic E-state index is -1.10. The van der Waals surface area contributed by atoms with Gasteiger partial charge in [0.25, 0.3) is 0 Å². The fraction of sp³-hybridized carbons (Fsp3) is 0.520. The summed E-state index contributed by atoms with van der Waals surface area (Å²) in [6, 6.07) is 45.3. The van der Waals surface area contributed by atoms with Gasteiger partial charge in [0.2, 0.25) is 0 Å². The largest absolute Gasteiger partial charge is 0.491 e. The van der Waals surface area contributed by atoms with E-state index in [1.807, 2.05) is 135 Å². The number of hydrogen-bond donors (Lipinski definition) is 11. The van der Waals surface area contributed by atoms with Crippen LogP contribution < -0.4 is 66.9 Å². The molecular formula is C98H141Cl5N7O31+3. The molecule has 0 aromatic heterocycles. The number of aliphatic hydroxyl groups is 3. The van der Waals surface area contributed by atoms with Crippen LogP contribution in [0.3, 0.4) is 0 Å². The molecular weight excluding hydrogens is 1950 g/mol. The number of amides is 4. The van der Waals surface area contributed by atoms with Gasteiger partial charge in [-0.1, -0.05) is 114 Å². The quantitative estimate of drug-likeness (QED) is 0.00961. The molecule has 141 heavy (non-hydrogen) atoms. The third-order valence-electron chi connectivity index (χ3n) is 18.6. The van der Waals surface area contributed by atoms with Crippen molar-refractivity contribution in [1.29, 1.82) is 0 Å². The molecule has 6 aromatic rings. The van der Waals surface area contributed by atoms with E-state index in [0.29, 0.717) is 34.5 Å². The highest BCUT2D eigenvalue weighted by molar-refractivity contribution is 6.40. The Bertz CT molecular complexity index is 4690. The van der Waals surface area contributed by atoms with E-state index >= 15 is 0 Å². The van der Waals surface area contributed by atoms with Crippen molar-refractivity contribution in [2.24, 2.45) is 0 Å². The molecule has 0 fully saturated rings. The van der Waals surface area contributed by atoms with E-state index in [0.717, 1.165) is 33.4 Å². The molecule has 4 amide bonds. The summed E-state index contributed by atoms with van der Waals surface area (Å²) < 4.78 is 85.8. The average Bonchev–Trinajstić information content (AvgIpc) is 0.809. The second-order valence-electron chi connectivity index (χ2n) is 36.3. The first-order valence-corrected chi connectivity index (χ1v) is 47.4. The first-order chi connectivity index (χ1) is 65.9. The Balaban J connectivity index is 0.000000706. The van der Waals surface area contributed by atoms with Crippen molar-refractivity contribution in [3.8, 4) is 34.5 Å². The summed E-state index contributed by atoms with van der Waals surface area (Å²) in [5, 5.41) is 45.1. The molecule has 0 saturated carbocycles. The molecule has 0 saturated heterocycles. The molecule has 6 aromatic carbocycles. The van der Waals surface area contributed by atoms with Gasteiger partial charge < -0.3 is 135 Å². The molecule has 6 rings (SSSR count).